The molecule has 2 aromatic heterocycles. The van der Waals surface area contributed by atoms with Crippen molar-refractivity contribution in [3.63, 3.8) is 0 Å². The van der Waals surface area contributed by atoms with Gasteiger partial charge in [0.1, 0.15) is 10.6 Å². The van der Waals surface area contributed by atoms with Crippen molar-refractivity contribution in [1.29, 1.82) is 0 Å². The van der Waals surface area contributed by atoms with E-state index in [0.29, 0.717) is 11.3 Å². The number of anilines is 1. The SMILES string of the molecule is CC1CC1Nc1nc(Cl)nc2sccc12. The van der Waals surface area contributed by atoms with Crippen LogP contribution in [0.5, 0.6) is 0 Å². The van der Waals surface area contributed by atoms with Crippen LogP contribution in [-0.2, 0) is 0 Å². The van der Waals surface area contributed by atoms with Crippen LogP contribution in [0.15, 0.2) is 11.4 Å². The monoisotopic (exact) mass is 239 g/mol. The Balaban J connectivity index is 2.03. The highest BCUT2D eigenvalue weighted by molar-refractivity contribution is 7.16. The van der Waals surface area contributed by atoms with Crippen molar-refractivity contribution in [2.75, 3.05) is 5.32 Å². The third-order valence-corrected chi connectivity index (χ3v) is 3.71. The number of thiophene rings is 1. The highest BCUT2D eigenvalue weighted by atomic mass is 35.5. The zero-order chi connectivity index (χ0) is 10.4. The lowest BCUT2D eigenvalue weighted by Crippen LogP contribution is -2.06. The smallest absolute Gasteiger partial charge is 0.225 e. The van der Waals surface area contributed by atoms with Gasteiger partial charge in [0.2, 0.25) is 5.28 Å². The minimum absolute atomic E-state index is 0.320. The van der Waals surface area contributed by atoms with Gasteiger partial charge in [-0.05, 0) is 35.4 Å². The fourth-order valence-electron chi connectivity index (χ4n) is 1.64. The minimum atomic E-state index is 0.320. The molecule has 78 valence electrons. The maximum absolute atomic E-state index is 5.87. The van der Waals surface area contributed by atoms with Crippen molar-refractivity contribution in [3.05, 3.63) is 16.7 Å². The van der Waals surface area contributed by atoms with Gasteiger partial charge in [-0.1, -0.05) is 6.92 Å². The molecule has 0 aliphatic heterocycles. The molecule has 0 bridgehead atoms. The van der Waals surface area contributed by atoms with E-state index in [1.54, 1.807) is 11.3 Å². The maximum Gasteiger partial charge on any atom is 0.225 e. The van der Waals surface area contributed by atoms with Gasteiger partial charge >= 0.3 is 0 Å². The second-order valence-corrected chi connectivity index (χ2v) is 5.18. The summed E-state index contributed by atoms with van der Waals surface area (Å²) in [6.45, 7) is 2.23. The van der Waals surface area contributed by atoms with Crippen LogP contribution in [0.1, 0.15) is 13.3 Å². The first-order valence-corrected chi connectivity index (χ1v) is 6.17. The lowest BCUT2D eigenvalue weighted by molar-refractivity contribution is 0.924. The zero-order valence-corrected chi connectivity index (χ0v) is 9.77. The molecule has 1 fully saturated rings. The molecule has 0 amide bonds. The first-order valence-electron chi connectivity index (χ1n) is 4.91. The molecule has 0 spiro atoms. The second kappa shape index (κ2) is 3.32. The summed E-state index contributed by atoms with van der Waals surface area (Å²) in [4.78, 5) is 9.36. The van der Waals surface area contributed by atoms with E-state index in [9.17, 15) is 0 Å². The second-order valence-electron chi connectivity index (χ2n) is 3.94. The standard InChI is InChI=1S/C10H10ClN3S/c1-5-4-7(5)12-8-6-2-3-15-9(6)14-10(11)13-8/h2-3,5,7H,4H2,1H3,(H,12,13,14). The molecule has 2 aromatic rings. The average molecular weight is 240 g/mol. The van der Waals surface area contributed by atoms with Gasteiger partial charge in [0.15, 0.2) is 0 Å². The first kappa shape index (κ1) is 9.36. The van der Waals surface area contributed by atoms with Gasteiger partial charge in [0, 0.05) is 6.04 Å². The van der Waals surface area contributed by atoms with Crippen LogP contribution in [0.25, 0.3) is 10.2 Å². The number of hydrogen-bond donors (Lipinski definition) is 1. The van der Waals surface area contributed by atoms with E-state index in [0.717, 1.165) is 22.0 Å². The number of aromatic nitrogens is 2. The molecule has 1 saturated carbocycles. The molecule has 1 aliphatic rings. The normalized spacial score (nSPS) is 24.4. The summed E-state index contributed by atoms with van der Waals surface area (Å²) >= 11 is 7.45. The van der Waals surface area contributed by atoms with E-state index < -0.39 is 0 Å². The zero-order valence-electron chi connectivity index (χ0n) is 8.20. The van der Waals surface area contributed by atoms with Crippen LogP contribution < -0.4 is 5.32 Å². The Hall–Kier alpha value is -0.870. The number of nitrogens with zero attached hydrogens (tertiary/aromatic N) is 2. The fourth-order valence-corrected chi connectivity index (χ4v) is 2.62. The fraction of sp³-hybridized carbons (Fsp3) is 0.400. The molecular formula is C10H10ClN3S. The molecule has 1 N–H and O–H groups in total. The topological polar surface area (TPSA) is 37.8 Å². The van der Waals surface area contributed by atoms with Gasteiger partial charge in [-0.15, -0.1) is 11.3 Å². The van der Waals surface area contributed by atoms with E-state index in [1.807, 2.05) is 11.4 Å². The average Bonchev–Trinajstić information content (AvgIpc) is 2.71. The highest BCUT2D eigenvalue weighted by Gasteiger charge is 2.33. The van der Waals surface area contributed by atoms with E-state index >= 15 is 0 Å². The first-order chi connectivity index (χ1) is 7.24. The third kappa shape index (κ3) is 1.68. The molecule has 5 heteroatoms. The maximum atomic E-state index is 5.87. The third-order valence-electron chi connectivity index (χ3n) is 2.73. The van der Waals surface area contributed by atoms with Crippen LogP contribution in [0, 0.1) is 5.92 Å². The highest BCUT2D eigenvalue weighted by Crippen LogP contribution is 2.35. The van der Waals surface area contributed by atoms with Gasteiger partial charge in [0.05, 0.1) is 5.39 Å². The summed E-state index contributed by atoms with van der Waals surface area (Å²) in [5, 5.41) is 6.81. The molecule has 1 aliphatic carbocycles. The van der Waals surface area contributed by atoms with Crippen molar-refractivity contribution < 1.29 is 0 Å². The summed E-state index contributed by atoms with van der Waals surface area (Å²) in [5.41, 5.74) is 0. The van der Waals surface area contributed by atoms with Gasteiger partial charge in [-0.2, -0.15) is 0 Å². The predicted octanol–water partition coefficient (Wildman–Crippen LogP) is 3.17. The molecule has 2 heterocycles. The Morgan fingerprint density at radius 1 is 1.53 bits per heavy atom. The number of fused-ring (bicyclic) bond motifs is 1. The molecule has 0 radical (unpaired) electrons. The summed E-state index contributed by atoms with van der Waals surface area (Å²) in [6.07, 6.45) is 1.22. The summed E-state index contributed by atoms with van der Waals surface area (Å²) in [5.74, 6) is 1.62. The van der Waals surface area contributed by atoms with Gasteiger partial charge in [-0.25, -0.2) is 9.97 Å². The van der Waals surface area contributed by atoms with Crippen LogP contribution in [0.4, 0.5) is 5.82 Å². The Kier molecular flexibility index (Phi) is 2.07. The molecule has 0 saturated heterocycles. The van der Waals surface area contributed by atoms with Crippen LogP contribution in [-0.4, -0.2) is 16.0 Å². The van der Waals surface area contributed by atoms with Crippen molar-refractivity contribution >= 4 is 39.0 Å². The van der Waals surface area contributed by atoms with Gasteiger partial charge in [-0.3, -0.25) is 0 Å². The number of nitrogens with one attached hydrogen (secondary N) is 1. The Morgan fingerprint density at radius 3 is 3.07 bits per heavy atom. The quantitative estimate of drug-likeness (QED) is 0.818. The van der Waals surface area contributed by atoms with Crippen LogP contribution in [0.2, 0.25) is 5.28 Å². The van der Waals surface area contributed by atoms with Crippen molar-refractivity contribution in [2.24, 2.45) is 5.92 Å². The Labute approximate surface area is 96.5 Å². The lowest BCUT2D eigenvalue weighted by Gasteiger charge is -2.05. The molecular weight excluding hydrogens is 230 g/mol. The van der Waals surface area contributed by atoms with Crippen molar-refractivity contribution in [2.45, 2.75) is 19.4 Å². The van der Waals surface area contributed by atoms with E-state index in [1.165, 1.54) is 6.42 Å². The largest absolute Gasteiger partial charge is 0.366 e. The van der Waals surface area contributed by atoms with Crippen LogP contribution >= 0.6 is 22.9 Å². The van der Waals surface area contributed by atoms with E-state index in [2.05, 4.69) is 22.2 Å². The molecule has 3 rings (SSSR count). The summed E-state index contributed by atoms with van der Waals surface area (Å²) in [6, 6.07) is 2.59. The molecule has 15 heavy (non-hydrogen) atoms. The number of hydrogen-bond acceptors (Lipinski definition) is 4. The van der Waals surface area contributed by atoms with Gasteiger partial charge in [0.25, 0.3) is 0 Å². The number of rotatable bonds is 2. The molecule has 0 aromatic carbocycles. The van der Waals surface area contributed by atoms with Crippen LogP contribution in [0.3, 0.4) is 0 Å². The molecule has 2 atom stereocenters. The summed E-state index contributed by atoms with van der Waals surface area (Å²) in [7, 11) is 0. The Bertz CT molecular complexity index is 510. The number of halogens is 1. The van der Waals surface area contributed by atoms with Crippen molar-refractivity contribution in [1.82, 2.24) is 9.97 Å². The van der Waals surface area contributed by atoms with Gasteiger partial charge < -0.3 is 5.32 Å². The minimum Gasteiger partial charge on any atom is -0.366 e. The molecule has 2 unspecified atom stereocenters. The van der Waals surface area contributed by atoms with E-state index in [-0.39, 0.29) is 0 Å². The lowest BCUT2D eigenvalue weighted by atomic mass is 10.3. The predicted molar refractivity (Wildman–Crippen MR) is 63.6 cm³/mol. The molecule has 3 nitrogen and oxygen atoms in total. The van der Waals surface area contributed by atoms with E-state index in [4.69, 9.17) is 11.6 Å². The Morgan fingerprint density at radius 2 is 2.33 bits per heavy atom. The summed E-state index contributed by atoms with van der Waals surface area (Å²) < 4.78 is 0. The van der Waals surface area contributed by atoms with Crippen molar-refractivity contribution in [3.8, 4) is 0 Å².